The molecule has 148 valence electrons. The van der Waals surface area contributed by atoms with Crippen LogP contribution in [0.15, 0.2) is 71.8 Å². The van der Waals surface area contributed by atoms with Crippen molar-refractivity contribution in [2.24, 2.45) is 5.10 Å². The molecule has 2 aromatic rings. The molecular weight excluding hydrogens is 362 g/mol. The van der Waals surface area contributed by atoms with E-state index < -0.39 is 0 Å². The Kier molecular flexibility index (Phi) is 5.84. The summed E-state index contributed by atoms with van der Waals surface area (Å²) in [4.78, 5) is 26.9. The molecule has 2 heterocycles. The van der Waals surface area contributed by atoms with Crippen LogP contribution in [0.3, 0.4) is 0 Å². The van der Waals surface area contributed by atoms with Gasteiger partial charge in [0.1, 0.15) is 0 Å². The smallest absolute Gasteiger partial charge is 0.243 e. The summed E-state index contributed by atoms with van der Waals surface area (Å²) in [5.41, 5.74) is 4.48. The number of carbonyl (C=O) groups is 2. The highest BCUT2D eigenvalue weighted by molar-refractivity contribution is 6.02. The number of rotatable bonds is 5. The van der Waals surface area contributed by atoms with Gasteiger partial charge in [-0.1, -0.05) is 66.7 Å². The molecule has 0 aromatic heterocycles. The van der Waals surface area contributed by atoms with Crippen LogP contribution in [0.1, 0.15) is 36.8 Å². The molecule has 0 radical (unpaired) electrons. The van der Waals surface area contributed by atoms with Crippen LogP contribution in [0.4, 0.5) is 0 Å². The Balaban J connectivity index is 1.27. The third kappa shape index (κ3) is 4.62. The summed E-state index contributed by atoms with van der Waals surface area (Å²) in [5, 5.41) is 5.97. The second-order valence-electron chi connectivity index (χ2n) is 7.36. The number of carbonyl (C=O) groups excluding carboxylic acids is 2. The molecule has 0 spiro atoms. The first-order valence-electron chi connectivity index (χ1n) is 10.2. The van der Waals surface area contributed by atoms with Crippen molar-refractivity contribution in [2.75, 3.05) is 19.6 Å². The second-order valence-corrected chi connectivity index (χ2v) is 7.36. The average molecular weight is 387 g/mol. The molecule has 0 saturated carbocycles. The predicted molar refractivity (Wildman–Crippen MR) is 114 cm³/mol. The molecule has 0 fully saturated rings. The van der Waals surface area contributed by atoms with Gasteiger partial charge in [0, 0.05) is 32.4 Å². The fraction of sp³-hybridized carbons (Fsp3) is 0.292. The molecule has 5 heteroatoms. The van der Waals surface area contributed by atoms with Crippen molar-refractivity contribution >= 4 is 23.1 Å². The maximum absolute atomic E-state index is 12.5. The quantitative estimate of drug-likeness (QED) is 0.785. The topological polar surface area (TPSA) is 53.0 Å². The largest absolute Gasteiger partial charge is 0.339 e. The van der Waals surface area contributed by atoms with Gasteiger partial charge in [-0.15, -0.1) is 0 Å². The van der Waals surface area contributed by atoms with Gasteiger partial charge in [-0.3, -0.25) is 9.59 Å². The van der Waals surface area contributed by atoms with Crippen molar-refractivity contribution in [2.45, 2.75) is 25.7 Å². The minimum Gasteiger partial charge on any atom is -0.339 e. The van der Waals surface area contributed by atoms with Crippen LogP contribution in [0.25, 0.3) is 5.57 Å². The van der Waals surface area contributed by atoms with E-state index in [2.05, 4.69) is 23.3 Å². The van der Waals surface area contributed by atoms with E-state index in [1.807, 2.05) is 53.4 Å². The van der Waals surface area contributed by atoms with E-state index in [9.17, 15) is 9.59 Å². The molecule has 0 atom stereocenters. The van der Waals surface area contributed by atoms with E-state index in [4.69, 9.17) is 0 Å². The van der Waals surface area contributed by atoms with E-state index in [1.165, 1.54) is 16.1 Å². The zero-order valence-electron chi connectivity index (χ0n) is 16.5. The summed E-state index contributed by atoms with van der Waals surface area (Å²) < 4.78 is 0. The van der Waals surface area contributed by atoms with Gasteiger partial charge in [-0.25, -0.2) is 5.01 Å². The van der Waals surface area contributed by atoms with Gasteiger partial charge in [-0.2, -0.15) is 5.10 Å². The number of hydrogen-bond acceptors (Lipinski definition) is 3. The molecule has 29 heavy (non-hydrogen) atoms. The standard InChI is InChI=1S/C24H25N3O2/c28-23(26-16-13-20(14-17-26)19-7-3-1-4-8-19)11-12-24(29)27-18-15-22(25-27)21-9-5-2-6-10-21/h1-10,13H,11-12,14-18H2. The third-order valence-corrected chi connectivity index (χ3v) is 5.46. The molecule has 5 nitrogen and oxygen atoms in total. The lowest BCUT2D eigenvalue weighted by molar-refractivity contribution is -0.136. The summed E-state index contributed by atoms with van der Waals surface area (Å²) in [6.07, 6.45) is 4.16. The molecule has 4 rings (SSSR count). The highest BCUT2D eigenvalue weighted by Crippen LogP contribution is 2.22. The van der Waals surface area contributed by atoms with Gasteiger partial charge in [-0.05, 0) is 23.1 Å². The van der Waals surface area contributed by atoms with Crippen LogP contribution in [-0.4, -0.2) is 47.1 Å². The minimum atomic E-state index is -0.0817. The van der Waals surface area contributed by atoms with E-state index in [-0.39, 0.29) is 24.7 Å². The van der Waals surface area contributed by atoms with Crippen LogP contribution >= 0.6 is 0 Å². The van der Waals surface area contributed by atoms with Crippen molar-refractivity contribution in [3.05, 3.63) is 77.9 Å². The van der Waals surface area contributed by atoms with E-state index in [1.54, 1.807) is 0 Å². The molecule has 2 aromatic carbocycles. The number of nitrogens with zero attached hydrogens (tertiary/aromatic N) is 3. The second kappa shape index (κ2) is 8.86. The lowest BCUT2D eigenvalue weighted by Crippen LogP contribution is -2.35. The SMILES string of the molecule is O=C(CCC(=O)N1CCC(c2ccccc2)=N1)N1CC=C(c2ccccc2)CC1. The number of benzene rings is 2. The molecular formula is C24H25N3O2. The van der Waals surface area contributed by atoms with Gasteiger partial charge in [0.25, 0.3) is 0 Å². The fourth-order valence-corrected chi connectivity index (χ4v) is 3.78. The van der Waals surface area contributed by atoms with Crippen LogP contribution in [0.5, 0.6) is 0 Å². The van der Waals surface area contributed by atoms with Crippen molar-refractivity contribution in [3.8, 4) is 0 Å². The first kappa shape index (κ1) is 19.1. The Bertz CT molecular complexity index is 935. The molecule has 0 aliphatic carbocycles. The van der Waals surface area contributed by atoms with E-state index in [0.717, 1.165) is 24.1 Å². The zero-order valence-corrected chi connectivity index (χ0v) is 16.5. The molecule has 0 unspecified atom stereocenters. The summed E-state index contributed by atoms with van der Waals surface area (Å²) in [5.74, 6) is -0.0463. The third-order valence-electron chi connectivity index (χ3n) is 5.46. The molecule has 0 N–H and O–H groups in total. The molecule has 0 bridgehead atoms. The monoisotopic (exact) mass is 387 g/mol. The molecule has 2 amide bonds. The van der Waals surface area contributed by atoms with Crippen molar-refractivity contribution in [3.63, 3.8) is 0 Å². The van der Waals surface area contributed by atoms with Gasteiger partial charge >= 0.3 is 0 Å². The van der Waals surface area contributed by atoms with Crippen LogP contribution in [0, 0.1) is 0 Å². The van der Waals surface area contributed by atoms with Crippen LogP contribution in [0.2, 0.25) is 0 Å². The van der Waals surface area contributed by atoms with Crippen molar-refractivity contribution in [1.82, 2.24) is 9.91 Å². The zero-order chi connectivity index (χ0) is 20.1. The lowest BCUT2D eigenvalue weighted by Gasteiger charge is -2.27. The summed E-state index contributed by atoms with van der Waals surface area (Å²) in [6, 6.07) is 20.2. The Morgan fingerprint density at radius 3 is 2.10 bits per heavy atom. The average Bonchev–Trinajstić information content (AvgIpc) is 3.29. The lowest BCUT2D eigenvalue weighted by atomic mass is 9.99. The summed E-state index contributed by atoms with van der Waals surface area (Å²) in [7, 11) is 0. The Hall–Kier alpha value is -3.21. The molecule has 2 aliphatic heterocycles. The Morgan fingerprint density at radius 2 is 1.45 bits per heavy atom. The Morgan fingerprint density at radius 1 is 0.793 bits per heavy atom. The molecule has 0 saturated heterocycles. The van der Waals surface area contributed by atoms with Crippen LogP contribution < -0.4 is 0 Å². The highest BCUT2D eigenvalue weighted by atomic mass is 16.2. The maximum Gasteiger partial charge on any atom is 0.243 e. The van der Waals surface area contributed by atoms with Gasteiger partial charge < -0.3 is 4.90 Å². The summed E-state index contributed by atoms with van der Waals surface area (Å²) >= 11 is 0. The normalized spacial score (nSPS) is 16.4. The highest BCUT2D eigenvalue weighted by Gasteiger charge is 2.23. The van der Waals surface area contributed by atoms with Gasteiger partial charge in [0.2, 0.25) is 11.8 Å². The molecule has 2 aliphatic rings. The maximum atomic E-state index is 12.5. The number of hydrazone groups is 1. The first-order valence-corrected chi connectivity index (χ1v) is 10.2. The summed E-state index contributed by atoms with van der Waals surface area (Å²) in [6.45, 7) is 1.90. The number of hydrogen-bond donors (Lipinski definition) is 0. The Labute approximate surface area is 171 Å². The van der Waals surface area contributed by atoms with Crippen molar-refractivity contribution in [1.29, 1.82) is 0 Å². The van der Waals surface area contributed by atoms with Crippen LogP contribution in [-0.2, 0) is 9.59 Å². The fourth-order valence-electron chi connectivity index (χ4n) is 3.78. The predicted octanol–water partition coefficient (Wildman–Crippen LogP) is 3.72. The van der Waals surface area contributed by atoms with E-state index >= 15 is 0 Å². The minimum absolute atomic E-state index is 0.0353. The van der Waals surface area contributed by atoms with Gasteiger partial charge in [0.15, 0.2) is 0 Å². The first-order chi connectivity index (χ1) is 14.2. The number of amides is 2. The van der Waals surface area contributed by atoms with Crippen molar-refractivity contribution < 1.29 is 9.59 Å². The van der Waals surface area contributed by atoms with Gasteiger partial charge in [0.05, 0.1) is 12.3 Å². The van der Waals surface area contributed by atoms with E-state index in [0.29, 0.717) is 19.6 Å².